The summed E-state index contributed by atoms with van der Waals surface area (Å²) in [6.07, 6.45) is 4.93. The number of carbonyl (C=O) groups is 1. The predicted octanol–water partition coefficient (Wildman–Crippen LogP) is 1.36. The Morgan fingerprint density at radius 2 is 2.44 bits per heavy atom. The van der Waals surface area contributed by atoms with Crippen molar-refractivity contribution in [2.45, 2.75) is 25.3 Å². The molecule has 1 fully saturated rings. The summed E-state index contributed by atoms with van der Waals surface area (Å²) in [5.41, 5.74) is 1.70. The fraction of sp³-hybridized carbons (Fsp3) is 0.636. The Morgan fingerprint density at radius 3 is 3.19 bits per heavy atom. The van der Waals surface area contributed by atoms with E-state index < -0.39 is 0 Å². The molecule has 1 aliphatic heterocycles. The van der Waals surface area contributed by atoms with Crippen LogP contribution in [0.25, 0.3) is 0 Å². The first-order chi connectivity index (χ1) is 7.79. The van der Waals surface area contributed by atoms with Gasteiger partial charge in [0.15, 0.2) is 0 Å². The Kier molecular flexibility index (Phi) is 3.90. The van der Waals surface area contributed by atoms with E-state index in [1.807, 2.05) is 11.9 Å². The molecule has 16 heavy (non-hydrogen) atoms. The molecule has 1 aromatic rings. The molecular weight excluding hydrogens is 222 g/mol. The number of nitrogens with one attached hydrogen (secondary N) is 1. The van der Waals surface area contributed by atoms with E-state index in [4.69, 9.17) is 0 Å². The Morgan fingerprint density at radius 1 is 1.56 bits per heavy atom. The Labute approximate surface area is 99.7 Å². The maximum absolute atomic E-state index is 12.1. The lowest BCUT2D eigenvalue weighted by molar-refractivity contribution is 0.0725. The molecule has 0 radical (unpaired) electrons. The van der Waals surface area contributed by atoms with Crippen LogP contribution in [0.5, 0.6) is 0 Å². The third kappa shape index (κ3) is 2.59. The second kappa shape index (κ2) is 5.41. The van der Waals surface area contributed by atoms with Crippen molar-refractivity contribution in [2.75, 3.05) is 20.1 Å². The topological polar surface area (TPSA) is 45.2 Å². The number of aromatic nitrogens is 1. The molecule has 0 bridgehead atoms. The third-order valence-electron chi connectivity index (χ3n) is 3.06. The predicted molar refractivity (Wildman–Crippen MR) is 64.7 cm³/mol. The van der Waals surface area contributed by atoms with Gasteiger partial charge < -0.3 is 10.2 Å². The monoisotopic (exact) mass is 239 g/mol. The molecule has 1 unspecified atom stereocenters. The van der Waals surface area contributed by atoms with Gasteiger partial charge in [-0.2, -0.15) is 0 Å². The summed E-state index contributed by atoms with van der Waals surface area (Å²) in [5.74, 6) is 0.106. The van der Waals surface area contributed by atoms with E-state index in [9.17, 15) is 4.79 Å². The molecule has 1 aliphatic rings. The highest BCUT2D eigenvalue weighted by atomic mass is 32.1. The highest BCUT2D eigenvalue weighted by molar-refractivity contribution is 7.11. The molecule has 0 aliphatic carbocycles. The minimum absolute atomic E-state index is 0.106. The molecule has 1 aromatic heterocycles. The molecule has 2 heterocycles. The average molecular weight is 239 g/mol. The van der Waals surface area contributed by atoms with E-state index in [0.717, 1.165) is 37.2 Å². The summed E-state index contributed by atoms with van der Waals surface area (Å²) >= 11 is 1.41. The first-order valence-electron chi connectivity index (χ1n) is 5.65. The minimum atomic E-state index is 0.106. The molecule has 1 atom stereocenters. The van der Waals surface area contributed by atoms with Gasteiger partial charge in [0.1, 0.15) is 4.88 Å². The molecule has 1 amide bonds. The van der Waals surface area contributed by atoms with Crippen molar-refractivity contribution in [3.63, 3.8) is 0 Å². The molecular formula is C11H17N3OS. The van der Waals surface area contributed by atoms with Crippen molar-refractivity contribution in [1.29, 1.82) is 0 Å². The molecule has 0 aromatic carbocycles. The van der Waals surface area contributed by atoms with E-state index >= 15 is 0 Å². The maximum atomic E-state index is 12.1. The van der Waals surface area contributed by atoms with Crippen LogP contribution in [-0.4, -0.2) is 42.0 Å². The van der Waals surface area contributed by atoms with Crippen molar-refractivity contribution in [1.82, 2.24) is 15.2 Å². The highest BCUT2D eigenvalue weighted by Gasteiger charge is 2.22. The zero-order valence-corrected chi connectivity index (χ0v) is 10.3. The Hall–Kier alpha value is -0.940. The van der Waals surface area contributed by atoms with Gasteiger partial charge in [0.2, 0.25) is 0 Å². The lowest BCUT2D eigenvalue weighted by Gasteiger charge is -2.26. The van der Waals surface area contributed by atoms with Gasteiger partial charge in [-0.3, -0.25) is 9.78 Å². The zero-order valence-electron chi connectivity index (χ0n) is 9.48. The van der Waals surface area contributed by atoms with Crippen molar-refractivity contribution in [3.8, 4) is 0 Å². The second-order valence-corrected chi connectivity index (χ2v) is 5.00. The van der Waals surface area contributed by atoms with Crippen LogP contribution in [0.2, 0.25) is 0 Å². The zero-order chi connectivity index (χ0) is 11.4. The van der Waals surface area contributed by atoms with Gasteiger partial charge in [-0.15, -0.1) is 11.3 Å². The van der Waals surface area contributed by atoms with Crippen LogP contribution in [0.15, 0.2) is 11.7 Å². The molecule has 0 spiro atoms. The lowest BCUT2D eigenvalue weighted by Crippen LogP contribution is -2.37. The summed E-state index contributed by atoms with van der Waals surface area (Å²) in [4.78, 5) is 18.7. The van der Waals surface area contributed by atoms with Crippen LogP contribution in [-0.2, 0) is 0 Å². The van der Waals surface area contributed by atoms with Gasteiger partial charge in [-0.1, -0.05) is 0 Å². The average Bonchev–Trinajstić information content (AvgIpc) is 2.70. The molecule has 5 heteroatoms. The minimum Gasteiger partial charge on any atom is -0.338 e. The van der Waals surface area contributed by atoms with Crippen LogP contribution in [0.4, 0.5) is 0 Å². The number of hydrogen-bond donors (Lipinski definition) is 1. The van der Waals surface area contributed by atoms with Gasteiger partial charge in [-0.05, 0) is 32.4 Å². The molecule has 4 nitrogen and oxygen atoms in total. The van der Waals surface area contributed by atoms with Gasteiger partial charge >= 0.3 is 0 Å². The third-order valence-corrected chi connectivity index (χ3v) is 3.82. The van der Waals surface area contributed by atoms with Crippen LogP contribution >= 0.6 is 11.3 Å². The second-order valence-electron chi connectivity index (χ2n) is 4.12. The summed E-state index contributed by atoms with van der Waals surface area (Å²) in [5, 5.41) is 3.36. The van der Waals surface area contributed by atoms with Crippen molar-refractivity contribution >= 4 is 17.2 Å². The van der Waals surface area contributed by atoms with Crippen LogP contribution in [0.1, 0.15) is 28.9 Å². The first kappa shape index (κ1) is 11.5. The largest absolute Gasteiger partial charge is 0.338 e. The van der Waals surface area contributed by atoms with Gasteiger partial charge in [0.05, 0.1) is 11.7 Å². The van der Waals surface area contributed by atoms with Crippen LogP contribution in [0.3, 0.4) is 0 Å². The highest BCUT2D eigenvalue weighted by Crippen LogP contribution is 2.16. The Balaban J connectivity index is 2.00. The lowest BCUT2D eigenvalue weighted by atomic mass is 10.1. The summed E-state index contributed by atoms with van der Waals surface area (Å²) in [6, 6.07) is 0.365. The molecule has 88 valence electrons. The first-order valence-corrected chi connectivity index (χ1v) is 6.53. The summed E-state index contributed by atoms with van der Waals surface area (Å²) in [6.45, 7) is 2.07. The SMILES string of the molecule is CN(C(=O)c1cncs1)C1CCCNCC1. The number of hydrogen-bond acceptors (Lipinski definition) is 4. The standard InChI is InChI=1S/C11H17N3OS/c1-14(9-3-2-5-12-6-4-9)11(15)10-7-13-8-16-10/h7-9,12H,2-6H2,1H3. The maximum Gasteiger partial charge on any atom is 0.265 e. The van der Waals surface area contributed by atoms with Crippen molar-refractivity contribution < 1.29 is 4.79 Å². The number of rotatable bonds is 2. The van der Waals surface area contributed by atoms with E-state index in [-0.39, 0.29) is 5.91 Å². The number of nitrogens with zero attached hydrogens (tertiary/aromatic N) is 2. The normalized spacial score (nSPS) is 21.4. The Bertz CT molecular complexity index is 331. The molecule has 1 saturated heterocycles. The number of thiazole rings is 1. The van der Waals surface area contributed by atoms with Crippen molar-refractivity contribution in [2.24, 2.45) is 0 Å². The smallest absolute Gasteiger partial charge is 0.265 e. The van der Waals surface area contributed by atoms with Crippen LogP contribution < -0.4 is 5.32 Å². The summed E-state index contributed by atoms with van der Waals surface area (Å²) < 4.78 is 0. The van der Waals surface area contributed by atoms with E-state index in [1.54, 1.807) is 11.7 Å². The number of carbonyl (C=O) groups excluding carboxylic acids is 1. The fourth-order valence-electron chi connectivity index (χ4n) is 2.05. The van der Waals surface area contributed by atoms with Gasteiger partial charge in [0, 0.05) is 13.1 Å². The summed E-state index contributed by atoms with van der Waals surface area (Å²) in [7, 11) is 1.90. The van der Waals surface area contributed by atoms with Gasteiger partial charge in [0.25, 0.3) is 5.91 Å². The van der Waals surface area contributed by atoms with E-state index in [2.05, 4.69) is 10.3 Å². The quantitative estimate of drug-likeness (QED) is 0.847. The van der Waals surface area contributed by atoms with Gasteiger partial charge in [-0.25, -0.2) is 0 Å². The molecule has 1 N–H and O–H groups in total. The fourth-order valence-corrected chi connectivity index (χ4v) is 2.65. The molecule has 2 rings (SSSR count). The van der Waals surface area contributed by atoms with Crippen molar-refractivity contribution in [3.05, 3.63) is 16.6 Å². The van der Waals surface area contributed by atoms with E-state index in [0.29, 0.717) is 6.04 Å². The number of amides is 1. The van der Waals surface area contributed by atoms with Crippen LogP contribution in [0, 0.1) is 0 Å². The van der Waals surface area contributed by atoms with E-state index in [1.165, 1.54) is 11.3 Å². The molecule has 0 saturated carbocycles.